The van der Waals surface area contributed by atoms with Gasteiger partial charge in [-0.1, -0.05) is 38.1 Å². The first kappa shape index (κ1) is 25.6. The summed E-state index contributed by atoms with van der Waals surface area (Å²) in [5.41, 5.74) is 2.68. The number of halogens is 3. The highest BCUT2D eigenvalue weighted by Gasteiger charge is 2.38. The van der Waals surface area contributed by atoms with Crippen molar-refractivity contribution in [3.63, 3.8) is 0 Å². The van der Waals surface area contributed by atoms with E-state index in [2.05, 4.69) is 18.8 Å². The molecule has 0 aliphatic heterocycles. The Hall–Kier alpha value is -2.70. The lowest BCUT2D eigenvalue weighted by atomic mass is 10.0. The summed E-state index contributed by atoms with van der Waals surface area (Å²) in [6, 6.07) is 9.85. The Morgan fingerprint density at radius 1 is 1.25 bits per heavy atom. The summed E-state index contributed by atoms with van der Waals surface area (Å²) in [6.45, 7) is 4.95. The van der Waals surface area contributed by atoms with Crippen molar-refractivity contribution < 1.29 is 31.5 Å². The number of thiophene rings is 1. The van der Waals surface area contributed by atoms with Gasteiger partial charge in [-0.05, 0) is 29.5 Å². The summed E-state index contributed by atoms with van der Waals surface area (Å²) in [4.78, 5) is 14.0. The van der Waals surface area contributed by atoms with Crippen molar-refractivity contribution >= 4 is 27.3 Å². The lowest BCUT2D eigenvalue weighted by molar-refractivity contribution is -0.192. The van der Waals surface area contributed by atoms with E-state index in [4.69, 9.17) is 15.0 Å². The molecule has 174 valence electrons. The molecule has 0 radical (unpaired) electrons. The molecule has 0 saturated carbocycles. The third-order valence-corrected chi connectivity index (χ3v) is 6.68. The van der Waals surface area contributed by atoms with Gasteiger partial charge >= 0.3 is 12.1 Å². The van der Waals surface area contributed by atoms with Gasteiger partial charge in [-0.15, -0.1) is 11.3 Å². The first-order valence-electron chi connectivity index (χ1n) is 9.28. The van der Waals surface area contributed by atoms with Gasteiger partial charge in [0, 0.05) is 29.4 Å². The van der Waals surface area contributed by atoms with Crippen LogP contribution in [0, 0.1) is 5.92 Å². The number of aromatic nitrogens is 2. The van der Waals surface area contributed by atoms with Crippen LogP contribution < -0.4 is 5.14 Å². The number of carboxylic acid groups (broad SMARTS) is 1. The van der Waals surface area contributed by atoms with Crippen molar-refractivity contribution in [1.29, 1.82) is 0 Å². The van der Waals surface area contributed by atoms with Crippen molar-refractivity contribution in [3.05, 3.63) is 59.5 Å². The Morgan fingerprint density at radius 2 is 1.84 bits per heavy atom. The number of imidazole rings is 1. The minimum absolute atomic E-state index is 0.241. The number of hydrogen-bond acceptors (Lipinski definition) is 5. The molecule has 12 heteroatoms. The average molecular weight is 490 g/mol. The molecule has 2 heterocycles. The molecule has 32 heavy (non-hydrogen) atoms. The summed E-state index contributed by atoms with van der Waals surface area (Å²) in [6.07, 6.45) is 1.18. The predicted octanol–water partition coefficient (Wildman–Crippen LogP) is 4.14. The maximum atomic E-state index is 12.0. The van der Waals surface area contributed by atoms with Crippen molar-refractivity contribution in [2.75, 3.05) is 0 Å². The molecule has 0 aliphatic carbocycles. The molecule has 1 aromatic carbocycles. The smallest absolute Gasteiger partial charge is 0.475 e. The van der Waals surface area contributed by atoms with E-state index in [1.54, 1.807) is 12.5 Å². The number of nitrogens with two attached hydrogens (primary N) is 1. The molecule has 3 N–H and O–H groups in total. The van der Waals surface area contributed by atoms with Crippen LogP contribution in [0.4, 0.5) is 13.2 Å². The molecule has 0 fully saturated rings. The van der Waals surface area contributed by atoms with E-state index in [-0.39, 0.29) is 4.21 Å². The number of benzene rings is 1. The zero-order valence-corrected chi connectivity index (χ0v) is 18.8. The summed E-state index contributed by atoms with van der Waals surface area (Å²) in [7, 11) is -3.74. The largest absolute Gasteiger partial charge is 0.490 e. The molecule has 0 saturated heterocycles. The Labute approximate surface area is 187 Å². The van der Waals surface area contributed by atoms with Crippen LogP contribution in [0.15, 0.2) is 53.3 Å². The third kappa shape index (κ3) is 7.46. The number of alkyl halides is 3. The zero-order chi connectivity index (χ0) is 24.1. The van der Waals surface area contributed by atoms with E-state index in [1.165, 1.54) is 11.3 Å². The number of rotatable bonds is 6. The molecule has 0 unspecified atom stereocenters. The van der Waals surface area contributed by atoms with Crippen LogP contribution in [-0.4, -0.2) is 35.2 Å². The highest BCUT2D eigenvalue weighted by molar-refractivity contribution is 7.91. The molecular formula is C20H22F3N3O4S2. The highest BCUT2D eigenvalue weighted by atomic mass is 32.2. The van der Waals surface area contributed by atoms with Crippen LogP contribution in [0.1, 0.15) is 24.3 Å². The lowest BCUT2D eigenvalue weighted by Crippen LogP contribution is -2.21. The zero-order valence-electron chi connectivity index (χ0n) is 17.2. The van der Waals surface area contributed by atoms with Crippen molar-refractivity contribution in [3.8, 4) is 11.1 Å². The van der Waals surface area contributed by atoms with E-state index in [9.17, 15) is 21.6 Å². The number of nitrogens with zero attached hydrogens (tertiary/aromatic N) is 2. The van der Waals surface area contributed by atoms with Crippen LogP contribution in [0.25, 0.3) is 11.1 Å². The van der Waals surface area contributed by atoms with Crippen LogP contribution in [0.3, 0.4) is 0 Å². The summed E-state index contributed by atoms with van der Waals surface area (Å²) < 4.78 is 57.9. The molecule has 0 amide bonds. The first-order valence-corrected chi connectivity index (χ1v) is 11.6. The number of hydrogen-bond donors (Lipinski definition) is 2. The third-order valence-electron chi connectivity index (χ3n) is 4.05. The molecule has 0 atom stereocenters. The fraction of sp³-hybridized carbons (Fsp3) is 0.300. The molecule has 0 bridgehead atoms. The molecule has 3 aromatic rings. The van der Waals surface area contributed by atoms with Gasteiger partial charge in [0.1, 0.15) is 4.21 Å². The molecule has 7 nitrogen and oxygen atoms in total. The number of sulfonamides is 1. The second-order valence-corrected chi connectivity index (χ2v) is 10.2. The average Bonchev–Trinajstić information content (AvgIpc) is 3.31. The van der Waals surface area contributed by atoms with Crippen molar-refractivity contribution in [2.45, 2.75) is 37.2 Å². The Bertz CT molecular complexity index is 1140. The standard InChI is InChI=1S/C18H21N3O2S2.C2HF3O2/c1-13(2)9-16-10-17(18(24-16)25(19,22)23)15-5-3-14(4-6-15)11-21-8-7-20-12-21;3-2(4,5)1(6)7/h3-8,10,12-13H,9,11H2,1-2H3,(H2,19,22,23);(H,6,7). The van der Waals surface area contributed by atoms with Gasteiger partial charge in [-0.2, -0.15) is 13.2 Å². The second-order valence-electron chi connectivity index (χ2n) is 7.29. The predicted molar refractivity (Wildman–Crippen MR) is 115 cm³/mol. The van der Waals surface area contributed by atoms with E-state index in [0.717, 1.165) is 29.0 Å². The molecular weight excluding hydrogens is 467 g/mol. The maximum absolute atomic E-state index is 12.0. The lowest BCUT2D eigenvalue weighted by Gasteiger charge is -2.06. The minimum Gasteiger partial charge on any atom is -0.475 e. The Balaban J connectivity index is 0.000000451. The van der Waals surface area contributed by atoms with E-state index in [1.807, 2.05) is 41.1 Å². The van der Waals surface area contributed by atoms with Gasteiger partial charge in [0.15, 0.2) is 0 Å². The maximum Gasteiger partial charge on any atom is 0.490 e. The van der Waals surface area contributed by atoms with Gasteiger partial charge in [-0.3, -0.25) is 0 Å². The summed E-state index contributed by atoms with van der Waals surface area (Å²) in [5, 5.41) is 12.6. The molecule has 0 spiro atoms. The van der Waals surface area contributed by atoms with Crippen LogP contribution in [-0.2, 0) is 27.8 Å². The molecule has 3 rings (SSSR count). The Morgan fingerprint density at radius 3 is 2.28 bits per heavy atom. The van der Waals surface area contributed by atoms with E-state index < -0.39 is 22.2 Å². The monoisotopic (exact) mass is 489 g/mol. The van der Waals surface area contributed by atoms with Crippen LogP contribution >= 0.6 is 11.3 Å². The van der Waals surface area contributed by atoms with E-state index in [0.29, 0.717) is 11.5 Å². The number of carboxylic acids is 1. The Kier molecular flexibility index (Phi) is 8.21. The fourth-order valence-electron chi connectivity index (χ4n) is 2.72. The van der Waals surface area contributed by atoms with Gasteiger partial charge in [0.2, 0.25) is 10.0 Å². The van der Waals surface area contributed by atoms with Crippen molar-refractivity contribution in [2.24, 2.45) is 11.1 Å². The molecule has 2 aromatic heterocycles. The summed E-state index contributed by atoms with van der Waals surface area (Å²) >= 11 is 1.27. The number of carbonyl (C=O) groups is 1. The highest BCUT2D eigenvalue weighted by Crippen LogP contribution is 2.35. The van der Waals surface area contributed by atoms with Crippen LogP contribution in [0.2, 0.25) is 0 Å². The number of aliphatic carboxylic acids is 1. The quantitative estimate of drug-likeness (QED) is 0.540. The molecule has 0 aliphatic rings. The van der Waals surface area contributed by atoms with Gasteiger partial charge in [0.25, 0.3) is 0 Å². The van der Waals surface area contributed by atoms with Gasteiger partial charge in [0.05, 0.1) is 6.33 Å². The number of primary sulfonamides is 1. The van der Waals surface area contributed by atoms with Gasteiger partial charge in [-0.25, -0.2) is 23.3 Å². The van der Waals surface area contributed by atoms with E-state index >= 15 is 0 Å². The van der Waals surface area contributed by atoms with Crippen LogP contribution in [0.5, 0.6) is 0 Å². The normalized spacial score (nSPS) is 11.8. The fourth-order valence-corrected chi connectivity index (χ4v) is 5.11. The second kappa shape index (κ2) is 10.3. The minimum atomic E-state index is -5.08. The van der Waals surface area contributed by atoms with Gasteiger partial charge < -0.3 is 9.67 Å². The van der Waals surface area contributed by atoms with Crippen molar-refractivity contribution in [1.82, 2.24) is 9.55 Å². The SMILES string of the molecule is CC(C)Cc1cc(-c2ccc(Cn3ccnc3)cc2)c(S(N)(=O)=O)s1.O=C(O)C(F)(F)F. The first-order chi connectivity index (χ1) is 14.8. The summed E-state index contributed by atoms with van der Waals surface area (Å²) in [5.74, 6) is -2.30. The topological polar surface area (TPSA) is 115 Å².